The van der Waals surface area contributed by atoms with Gasteiger partial charge in [0, 0.05) is 11.0 Å². The number of β-lactam (4-membered cyclic amide) rings is 1. The third-order valence-corrected chi connectivity index (χ3v) is 7.66. The van der Waals surface area contributed by atoms with Crippen LogP contribution in [0, 0.1) is 0 Å². The molecule has 13 nitrogen and oxygen atoms in total. The highest BCUT2D eigenvalue weighted by atomic mass is 32.2. The molecule has 3 heterocycles. The van der Waals surface area contributed by atoms with Crippen molar-refractivity contribution < 1.29 is 34.5 Å². The number of hydrogen-bond acceptors (Lipinski definition) is 10. The number of thioether (sulfide) groups is 2. The monoisotopic (exact) mass is 506 g/mol. The molecule has 4 N–H and O–H groups in total. The van der Waals surface area contributed by atoms with Crippen molar-refractivity contribution in [3.05, 3.63) is 47.2 Å². The number of carboxylic acids is 1. The van der Waals surface area contributed by atoms with Gasteiger partial charge in [0.15, 0.2) is 6.10 Å². The van der Waals surface area contributed by atoms with E-state index in [0.717, 1.165) is 16.7 Å². The van der Waals surface area contributed by atoms with Crippen molar-refractivity contribution in [2.75, 3.05) is 5.75 Å². The van der Waals surface area contributed by atoms with Gasteiger partial charge in [-0.2, -0.15) is 0 Å². The number of carbonyl (C=O) groups excluding carboxylic acids is 2. The summed E-state index contributed by atoms with van der Waals surface area (Å²) in [5.74, 6) is -2.49. The lowest BCUT2D eigenvalue weighted by Crippen LogP contribution is -2.71. The first-order valence-electron chi connectivity index (χ1n) is 9.83. The van der Waals surface area contributed by atoms with Crippen LogP contribution in [0.4, 0.5) is 4.79 Å². The van der Waals surface area contributed by atoms with Crippen molar-refractivity contribution in [1.29, 1.82) is 0 Å². The number of amides is 2. The lowest BCUT2D eigenvalue weighted by Gasteiger charge is -2.50. The summed E-state index contributed by atoms with van der Waals surface area (Å²) in [7, 11) is 0. The second kappa shape index (κ2) is 9.44. The van der Waals surface area contributed by atoms with Crippen molar-refractivity contribution >= 4 is 47.4 Å². The van der Waals surface area contributed by atoms with Crippen LogP contribution in [0.2, 0.25) is 0 Å². The zero-order valence-corrected chi connectivity index (χ0v) is 19.1. The third-order valence-electron chi connectivity index (χ3n) is 5.26. The van der Waals surface area contributed by atoms with Gasteiger partial charge in [-0.05, 0) is 28.5 Å². The Hall–Kier alpha value is -3.43. The average Bonchev–Trinajstić information content (AvgIpc) is 3.29. The SMILES string of the molecule is CC(Sc1nnnn1C(=O)O)C1=C(C(=O)O)N2C(=O)C(NC(=O)[C@H](O)c3ccccc3)[C@H]2SC1. The van der Waals surface area contributed by atoms with Crippen LogP contribution in [0.25, 0.3) is 0 Å². The molecule has 2 amide bonds. The molecular weight excluding hydrogens is 488 g/mol. The smallest absolute Gasteiger partial charge is 0.436 e. The molecule has 2 aliphatic heterocycles. The van der Waals surface area contributed by atoms with E-state index in [-0.39, 0.29) is 16.6 Å². The van der Waals surface area contributed by atoms with E-state index in [2.05, 4.69) is 20.8 Å². The van der Waals surface area contributed by atoms with Gasteiger partial charge in [-0.15, -0.1) is 21.5 Å². The van der Waals surface area contributed by atoms with Gasteiger partial charge in [-0.3, -0.25) is 14.5 Å². The summed E-state index contributed by atoms with van der Waals surface area (Å²) in [6.07, 6.45) is -2.86. The molecule has 15 heteroatoms. The quantitative estimate of drug-likeness (QED) is 0.226. The van der Waals surface area contributed by atoms with Gasteiger partial charge in [0.05, 0.1) is 0 Å². The van der Waals surface area contributed by atoms with Gasteiger partial charge in [0.25, 0.3) is 11.8 Å². The Morgan fingerprint density at radius 2 is 1.94 bits per heavy atom. The Balaban J connectivity index is 1.51. The number of hydrogen-bond donors (Lipinski definition) is 4. The summed E-state index contributed by atoms with van der Waals surface area (Å²) >= 11 is 2.20. The molecule has 0 radical (unpaired) electrons. The van der Waals surface area contributed by atoms with E-state index in [1.54, 1.807) is 37.3 Å². The van der Waals surface area contributed by atoms with Gasteiger partial charge in [-0.1, -0.05) is 42.1 Å². The summed E-state index contributed by atoms with van der Waals surface area (Å²) < 4.78 is 0.569. The first-order valence-corrected chi connectivity index (χ1v) is 11.8. The van der Waals surface area contributed by atoms with E-state index in [1.807, 2.05) is 0 Å². The van der Waals surface area contributed by atoms with Gasteiger partial charge < -0.3 is 20.6 Å². The lowest BCUT2D eigenvalue weighted by atomic mass is 10.0. The van der Waals surface area contributed by atoms with Crippen LogP contribution in [0.15, 0.2) is 46.8 Å². The van der Waals surface area contributed by atoms with Crippen LogP contribution < -0.4 is 5.32 Å². The summed E-state index contributed by atoms with van der Waals surface area (Å²) in [6, 6.07) is 7.22. The maximum atomic E-state index is 12.8. The van der Waals surface area contributed by atoms with E-state index >= 15 is 0 Å². The lowest BCUT2D eigenvalue weighted by molar-refractivity contribution is -0.151. The van der Waals surface area contributed by atoms with Crippen LogP contribution in [0.3, 0.4) is 0 Å². The minimum atomic E-state index is -1.47. The highest BCUT2D eigenvalue weighted by molar-refractivity contribution is 8.01. The normalized spacial score (nSPS) is 21.4. The molecule has 4 atom stereocenters. The molecule has 178 valence electrons. The van der Waals surface area contributed by atoms with Gasteiger partial charge in [-0.25, -0.2) is 9.59 Å². The number of nitrogens with one attached hydrogen (secondary N) is 1. The predicted molar refractivity (Wildman–Crippen MR) is 118 cm³/mol. The molecule has 0 spiro atoms. The minimum absolute atomic E-state index is 0.0423. The maximum Gasteiger partial charge on any atom is 0.436 e. The van der Waals surface area contributed by atoms with Crippen LogP contribution in [-0.4, -0.2) is 86.7 Å². The van der Waals surface area contributed by atoms with Crippen LogP contribution in [0.1, 0.15) is 18.6 Å². The summed E-state index contributed by atoms with van der Waals surface area (Å²) in [6.45, 7) is 1.66. The fraction of sp³-hybridized carbons (Fsp3) is 0.316. The zero-order valence-electron chi connectivity index (χ0n) is 17.4. The molecule has 1 aromatic heterocycles. The second-order valence-corrected chi connectivity index (χ2v) is 9.72. The molecule has 1 saturated heterocycles. The Kier molecular flexibility index (Phi) is 6.58. The van der Waals surface area contributed by atoms with Crippen molar-refractivity contribution in [2.24, 2.45) is 0 Å². The number of fused-ring (bicyclic) bond motifs is 1. The number of rotatable bonds is 7. The number of aromatic nitrogens is 4. The van der Waals surface area contributed by atoms with Gasteiger partial charge in [0.1, 0.15) is 17.1 Å². The largest absolute Gasteiger partial charge is 0.477 e. The number of aliphatic hydroxyl groups excluding tert-OH is 1. The van der Waals surface area contributed by atoms with Crippen molar-refractivity contribution in [3.8, 4) is 0 Å². The second-order valence-electron chi connectivity index (χ2n) is 7.30. The predicted octanol–water partition coefficient (Wildman–Crippen LogP) is 0.152. The van der Waals surface area contributed by atoms with Crippen LogP contribution in [0.5, 0.6) is 0 Å². The number of carbonyl (C=O) groups is 4. The number of tetrazole rings is 1. The van der Waals surface area contributed by atoms with E-state index in [1.165, 1.54) is 11.8 Å². The summed E-state index contributed by atoms with van der Waals surface area (Å²) in [5.41, 5.74) is 0.529. The Bertz CT molecular complexity index is 1190. The Morgan fingerprint density at radius 3 is 2.59 bits per heavy atom. The van der Waals surface area contributed by atoms with Gasteiger partial charge >= 0.3 is 12.1 Å². The molecule has 2 aliphatic rings. The van der Waals surface area contributed by atoms with Crippen LogP contribution >= 0.6 is 23.5 Å². The molecule has 1 fully saturated rings. The molecule has 0 saturated carbocycles. The molecule has 4 rings (SSSR count). The topological polar surface area (TPSA) is 188 Å². The van der Waals surface area contributed by atoms with Crippen LogP contribution in [-0.2, 0) is 14.4 Å². The summed E-state index contributed by atoms with van der Waals surface area (Å²) in [4.78, 5) is 49.7. The standard InChI is InChI=1S/C19H18N6O7S2/c1-8(34-18-21-22-23-25(18)19(31)32)10-7-33-16-11(15(28)24(16)12(10)17(29)30)20-14(27)13(26)9-5-3-2-4-6-9/h2-6,8,11,13,16,26H,7H2,1H3,(H,20,27)(H,29,30)(H,31,32)/t8?,11?,13-,16-/m1/s1. The third kappa shape index (κ3) is 4.24. The highest BCUT2D eigenvalue weighted by Crippen LogP contribution is 2.43. The van der Waals surface area contributed by atoms with Crippen molar-refractivity contribution in [2.45, 2.75) is 34.8 Å². The minimum Gasteiger partial charge on any atom is -0.477 e. The Morgan fingerprint density at radius 1 is 1.24 bits per heavy atom. The molecule has 0 aliphatic carbocycles. The Labute approximate surface area is 200 Å². The average molecular weight is 507 g/mol. The van der Waals surface area contributed by atoms with E-state index in [0.29, 0.717) is 15.8 Å². The van der Waals surface area contributed by atoms with E-state index < -0.39 is 46.6 Å². The number of aliphatic hydroxyl groups is 1. The molecule has 34 heavy (non-hydrogen) atoms. The number of carboxylic acid groups (broad SMARTS) is 2. The number of nitrogens with zero attached hydrogens (tertiary/aromatic N) is 5. The van der Waals surface area contributed by atoms with Crippen molar-refractivity contribution in [1.82, 2.24) is 30.4 Å². The molecule has 0 bridgehead atoms. The molecular formula is C19H18N6O7S2. The zero-order chi connectivity index (χ0) is 24.6. The number of aliphatic carboxylic acids is 1. The highest BCUT2D eigenvalue weighted by Gasteiger charge is 2.55. The van der Waals surface area contributed by atoms with E-state index in [4.69, 9.17) is 5.11 Å². The summed E-state index contributed by atoms with van der Waals surface area (Å²) in [5, 5.41) is 40.8. The maximum absolute atomic E-state index is 12.8. The van der Waals surface area contributed by atoms with Crippen molar-refractivity contribution in [3.63, 3.8) is 0 Å². The molecule has 2 aromatic rings. The first kappa shape index (κ1) is 23.7. The molecule has 2 unspecified atom stereocenters. The van der Waals surface area contributed by atoms with E-state index in [9.17, 15) is 29.4 Å². The van der Waals surface area contributed by atoms with Gasteiger partial charge in [0.2, 0.25) is 5.16 Å². The number of benzene rings is 1. The molecule has 1 aromatic carbocycles. The fourth-order valence-electron chi connectivity index (χ4n) is 3.57. The first-order chi connectivity index (χ1) is 16.2. The fourth-order valence-corrected chi connectivity index (χ4v) is 6.10.